The number of piperidine rings is 1. The largest absolute Gasteiger partial charge is 0.383 e. The van der Waals surface area contributed by atoms with Crippen molar-refractivity contribution < 1.29 is 0 Å². The van der Waals surface area contributed by atoms with Gasteiger partial charge in [0, 0.05) is 44.5 Å². The van der Waals surface area contributed by atoms with Crippen molar-refractivity contribution in [2.24, 2.45) is 7.05 Å². The molecule has 1 fully saturated rings. The molecule has 26 heavy (non-hydrogen) atoms. The van der Waals surface area contributed by atoms with E-state index in [1.807, 2.05) is 17.8 Å². The van der Waals surface area contributed by atoms with Gasteiger partial charge in [-0.3, -0.25) is 0 Å². The summed E-state index contributed by atoms with van der Waals surface area (Å²) in [4.78, 5) is 14.5. The lowest BCUT2D eigenvalue weighted by Crippen LogP contribution is -2.36. The highest BCUT2D eigenvalue weighted by Gasteiger charge is 2.27. The van der Waals surface area contributed by atoms with Crippen LogP contribution in [-0.2, 0) is 13.6 Å². The SMILES string of the molecule is Cn1c(Cn2ccnc2)nnc1C1CCCN(c2cc(N)nc(N)n2)C1. The van der Waals surface area contributed by atoms with Crippen molar-refractivity contribution in [2.45, 2.75) is 25.3 Å². The Kier molecular flexibility index (Phi) is 4.15. The Balaban J connectivity index is 1.53. The average molecular weight is 354 g/mol. The van der Waals surface area contributed by atoms with Crippen molar-refractivity contribution in [1.82, 2.24) is 34.3 Å². The molecule has 1 unspecified atom stereocenters. The second kappa shape index (κ2) is 6.62. The van der Waals surface area contributed by atoms with Crippen LogP contribution in [0.15, 0.2) is 24.8 Å². The van der Waals surface area contributed by atoms with E-state index in [0.717, 1.165) is 43.4 Å². The second-order valence-corrected chi connectivity index (χ2v) is 6.56. The first kappa shape index (κ1) is 16.3. The van der Waals surface area contributed by atoms with Gasteiger partial charge in [0.15, 0.2) is 5.82 Å². The molecule has 0 bridgehead atoms. The van der Waals surface area contributed by atoms with Crippen molar-refractivity contribution >= 4 is 17.6 Å². The van der Waals surface area contributed by atoms with Crippen LogP contribution in [0.2, 0.25) is 0 Å². The first-order chi connectivity index (χ1) is 12.6. The van der Waals surface area contributed by atoms with Crippen molar-refractivity contribution in [2.75, 3.05) is 29.5 Å². The minimum Gasteiger partial charge on any atom is -0.383 e. The molecule has 0 saturated carbocycles. The lowest BCUT2D eigenvalue weighted by atomic mass is 9.97. The molecule has 0 radical (unpaired) electrons. The molecule has 10 nitrogen and oxygen atoms in total. The van der Waals surface area contributed by atoms with Crippen LogP contribution >= 0.6 is 0 Å². The van der Waals surface area contributed by atoms with E-state index in [1.54, 1.807) is 18.6 Å². The molecule has 4 N–H and O–H groups in total. The fourth-order valence-electron chi connectivity index (χ4n) is 3.44. The standard InChI is InChI=1S/C16H22N10/c1-24-14(9-25-6-4-19-10-25)22-23-15(24)11-3-2-5-26(8-11)13-7-12(17)20-16(18)21-13/h4,6-7,10-11H,2-3,5,8-9H2,1H3,(H4,17,18,20,21). The molecule has 0 amide bonds. The Labute approximate surface area is 150 Å². The summed E-state index contributed by atoms with van der Waals surface area (Å²) in [5, 5.41) is 8.83. The van der Waals surface area contributed by atoms with Gasteiger partial charge < -0.3 is 25.5 Å². The van der Waals surface area contributed by atoms with E-state index < -0.39 is 0 Å². The van der Waals surface area contributed by atoms with Crippen LogP contribution in [0.1, 0.15) is 30.4 Å². The Bertz CT molecular complexity index is 864. The second-order valence-electron chi connectivity index (χ2n) is 6.56. The molecule has 3 aromatic rings. The molecule has 1 aliphatic rings. The van der Waals surface area contributed by atoms with E-state index in [2.05, 4.69) is 34.6 Å². The zero-order chi connectivity index (χ0) is 18.1. The van der Waals surface area contributed by atoms with E-state index in [9.17, 15) is 0 Å². The minimum absolute atomic E-state index is 0.198. The maximum absolute atomic E-state index is 5.81. The molecule has 10 heteroatoms. The zero-order valence-electron chi connectivity index (χ0n) is 14.7. The summed E-state index contributed by atoms with van der Waals surface area (Å²) in [6, 6.07) is 1.76. The number of nitrogens with zero attached hydrogens (tertiary/aromatic N) is 8. The number of rotatable bonds is 4. The van der Waals surface area contributed by atoms with Crippen molar-refractivity contribution in [3.05, 3.63) is 36.4 Å². The summed E-state index contributed by atoms with van der Waals surface area (Å²) in [5.41, 5.74) is 11.6. The predicted octanol–water partition coefficient (Wildman–Crippen LogP) is 0.398. The van der Waals surface area contributed by atoms with E-state index in [-0.39, 0.29) is 11.9 Å². The number of hydrogen-bond acceptors (Lipinski definition) is 8. The topological polar surface area (TPSA) is 130 Å². The lowest BCUT2D eigenvalue weighted by molar-refractivity contribution is 0.476. The van der Waals surface area contributed by atoms with Crippen LogP contribution in [0.5, 0.6) is 0 Å². The highest BCUT2D eigenvalue weighted by atomic mass is 15.3. The Hall–Kier alpha value is -3.17. The van der Waals surface area contributed by atoms with Crippen LogP contribution in [0, 0.1) is 0 Å². The van der Waals surface area contributed by atoms with Gasteiger partial charge in [0.2, 0.25) is 5.95 Å². The first-order valence-electron chi connectivity index (χ1n) is 8.59. The maximum Gasteiger partial charge on any atom is 0.223 e. The molecular formula is C16H22N10. The van der Waals surface area contributed by atoms with Gasteiger partial charge in [0.25, 0.3) is 0 Å². The lowest BCUT2D eigenvalue weighted by Gasteiger charge is -2.33. The van der Waals surface area contributed by atoms with Crippen molar-refractivity contribution in [1.29, 1.82) is 0 Å². The fourth-order valence-corrected chi connectivity index (χ4v) is 3.44. The van der Waals surface area contributed by atoms with Crippen molar-refractivity contribution in [3.8, 4) is 0 Å². The van der Waals surface area contributed by atoms with Crippen LogP contribution in [0.4, 0.5) is 17.6 Å². The van der Waals surface area contributed by atoms with Crippen LogP contribution in [-0.4, -0.2) is 47.4 Å². The van der Waals surface area contributed by atoms with E-state index >= 15 is 0 Å². The monoisotopic (exact) mass is 354 g/mol. The summed E-state index contributed by atoms with van der Waals surface area (Å²) in [7, 11) is 2.02. The Morgan fingerprint density at radius 2 is 2.12 bits per heavy atom. The van der Waals surface area contributed by atoms with Crippen LogP contribution in [0.25, 0.3) is 0 Å². The molecule has 1 atom stereocenters. The van der Waals surface area contributed by atoms with Gasteiger partial charge in [-0.1, -0.05) is 0 Å². The Morgan fingerprint density at radius 3 is 2.88 bits per heavy atom. The summed E-state index contributed by atoms with van der Waals surface area (Å²) in [5.74, 6) is 3.51. The van der Waals surface area contributed by atoms with Gasteiger partial charge >= 0.3 is 0 Å². The number of aromatic nitrogens is 7. The Morgan fingerprint density at radius 1 is 1.23 bits per heavy atom. The third kappa shape index (κ3) is 3.17. The van der Waals surface area contributed by atoms with Gasteiger partial charge in [-0.15, -0.1) is 10.2 Å². The van der Waals surface area contributed by atoms with E-state index in [1.165, 1.54) is 0 Å². The number of imidazole rings is 1. The number of nitrogen functional groups attached to an aromatic ring is 2. The summed E-state index contributed by atoms with van der Waals surface area (Å²) in [6.45, 7) is 2.36. The number of anilines is 3. The van der Waals surface area contributed by atoms with Crippen LogP contribution in [0.3, 0.4) is 0 Å². The summed E-state index contributed by atoms with van der Waals surface area (Å²) < 4.78 is 4.06. The highest BCUT2D eigenvalue weighted by molar-refractivity contribution is 5.50. The number of nitrogens with two attached hydrogens (primary N) is 2. The van der Waals surface area contributed by atoms with Crippen molar-refractivity contribution in [3.63, 3.8) is 0 Å². The smallest absolute Gasteiger partial charge is 0.223 e. The van der Waals surface area contributed by atoms with Gasteiger partial charge in [0.05, 0.1) is 12.9 Å². The molecule has 4 rings (SSSR count). The minimum atomic E-state index is 0.198. The van der Waals surface area contributed by atoms with Gasteiger partial charge in [-0.2, -0.15) is 9.97 Å². The normalized spacial score (nSPS) is 17.6. The average Bonchev–Trinajstić information content (AvgIpc) is 3.25. The quantitative estimate of drug-likeness (QED) is 0.688. The zero-order valence-corrected chi connectivity index (χ0v) is 14.7. The molecule has 4 heterocycles. The van der Waals surface area contributed by atoms with Gasteiger partial charge in [0.1, 0.15) is 17.5 Å². The summed E-state index contributed by atoms with van der Waals surface area (Å²) >= 11 is 0. The van der Waals surface area contributed by atoms with E-state index in [0.29, 0.717) is 12.4 Å². The summed E-state index contributed by atoms with van der Waals surface area (Å²) in [6.07, 6.45) is 7.55. The molecular weight excluding hydrogens is 332 g/mol. The maximum atomic E-state index is 5.81. The fraction of sp³-hybridized carbons (Fsp3) is 0.438. The molecule has 1 aliphatic heterocycles. The highest BCUT2D eigenvalue weighted by Crippen LogP contribution is 2.29. The predicted molar refractivity (Wildman–Crippen MR) is 97.4 cm³/mol. The third-order valence-electron chi connectivity index (χ3n) is 4.74. The van der Waals surface area contributed by atoms with E-state index in [4.69, 9.17) is 11.5 Å². The van der Waals surface area contributed by atoms with Gasteiger partial charge in [-0.05, 0) is 12.8 Å². The molecule has 0 spiro atoms. The molecule has 136 valence electrons. The third-order valence-corrected chi connectivity index (χ3v) is 4.74. The molecule has 0 aromatic carbocycles. The number of hydrogen-bond donors (Lipinski definition) is 2. The molecule has 0 aliphatic carbocycles. The van der Waals surface area contributed by atoms with Gasteiger partial charge in [-0.25, -0.2) is 4.98 Å². The molecule has 3 aromatic heterocycles. The first-order valence-corrected chi connectivity index (χ1v) is 8.59. The molecule has 1 saturated heterocycles. The van der Waals surface area contributed by atoms with Crippen LogP contribution < -0.4 is 16.4 Å².